The van der Waals surface area contributed by atoms with Gasteiger partial charge in [-0.25, -0.2) is 0 Å². The molecule has 1 saturated carbocycles. The fraction of sp³-hybridized carbons (Fsp3) is 0.600. The summed E-state index contributed by atoms with van der Waals surface area (Å²) < 4.78 is 1.67. The summed E-state index contributed by atoms with van der Waals surface area (Å²) in [7, 11) is 0. The number of aryl methyl sites for hydroxylation is 1. The molecular formula is C10H16N4O. The summed E-state index contributed by atoms with van der Waals surface area (Å²) in [4.78, 5) is 11.8. The van der Waals surface area contributed by atoms with Gasteiger partial charge in [-0.15, -0.1) is 0 Å². The number of nitrogens with one attached hydrogen (secondary N) is 1. The molecule has 1 aliphatic carbocycles. The minimum absolute atomic E-state index is 0.0283. The number of nitrogens with zero attached hydrogens (tertiary/aromatic N) is 2. The zero-order chi connectivity index (χ0) is 11.1. The number of hydrogen-bond acceptors (Lipinski definition) is 3. The normalized spacial score (nSPS) is 17.5. The van der Waals surface area contributed by atoms with Crippen LogP contribution in [-0.2, 0) is 6.54 Å². The second-order valence-electron chi connectivity index (χ2n) is 4.30. The zero-order valence-corrected chi connectivity index (χ0v) is 9.08. The Hall–Kier alpha value is -1.52. The molecule has 1 aromatic rings. The van der Waals surface area contributed by atoms with E-state index in [-0.39, 0.29) is 11.4 Å². The molecule has 3 N–H and O–H groups in total. The van der Waals surface area contributed by atoms with Gasteiger partial charge in [0.15, 0.2) is 5.69 Å². The average Bonchev–Trinajstić information content (AvgIpc) is 2.77. The number of anilines is 1. The highest BCUT2D eigenvalue weighted by atomic mass is 16.2. The lowest BCUT2D eigenvalue weighted by Gasteiger charge is -2.09. The second kappa shape index (κ2) is 3.25. The Morgan fingerprint density at radius 3 is 2.87 bits per heavy atom. The third-order valence-corrected chi connectivity index (χ3v) is 2.74. The monoisotopic (exact) mass is 208 g/mol. The zero-order valence-electron chi connectivity index (χ0n) is 9.08. The number of hydrogen-bond donors (Lipinski definition) is 2. The second-order valence-corrected chi connectivity index (χ2v) is 4.30. The lowest BCUT2D eigenvalue weighted by molar-refractivity contribution is 0.0930. The van der Waals surface area contributed by atoms with Crippen molar-refractivity contribution in [2.45, 2.75) is 38.8 Å². The summed E-state index contributed by atoms with van der Waals surface area (Å²) in [6.07, 6.45) is 3.75. The van der Waals surface area contributed by atoms with E-state index in [2.05, 4.69) is 10.4 Å². The van der Waals surface area contributed by atoms with Crippen LogP contribution in [0.4, 0.5) is 5.69 Å². The van der Waals surface area contributed by atoms with Crippen LogP contribution in [-0.4, -0.2) is 21.2 Å². The van der Waals surface area contributed by atoms with Gasteiger partial charge in [0.1, 0.15) is 0 Å². The molecule has 1 heterocycles. The molecule has 82 valence electrons. The molecule has 0 bridgehead atoms. The molecule has 2 rings (SSSR count). The van der Waals surface area contributed by atoms with Gasteiger partial charge in [-0.2, -0.15) is 5.10 Å². The van der Waals surface area contributed by atoms with Gasteiger partial charge in [-0.1, -0.05) is 0 Å². The van der Waals surface area contributed by atoms with E-state index in [0.717, 1.165) is 19.4 Å². The molecule has 0 spiro atoms. The summed E-state index contributed by atoms with van der Waals surface area (Å²) in [6.45, 7) is 4.70. The number of amides is 1. The predicted molar refractivity (Wildman–Crippen MR) is 57.4 cm³/mol. The Morgan fingerprint density at radius 2 is 2.40 bits per heavy atom. The first kappa shape index (κ1) is 10.0. The van der Waals surface area contributed by atoms with Crippen LogP contribution in [0.5, 0.6) is 0 Å². The lowest BCUT2D eigenvalue weighted by atomic mass is 10.3. The van der Waals surface area contributed by atoms with Crippen molar-refractivity contribution in [3.63, 3.8) is 0 Å². The quantitative estimate of drug-likeness (QED) is 0.770. The first-order valence-corrected chi connectivity index (χ1v) is 5.19. The number of carbonyl (C=O) groups excluding carboxylic acids is 1. The smallest absolute Gasteiger partial charge is 0.274 e. The first-order valence-electron chi connectivity index (χ1n) is 5.19. The van der Waals surface area contributed by atoms with Gasteiger partial charge in [-0.05, 0) is 26.7 Å². The molecule has 5 heteroatoms. The maximum Gasteiger partial charge on any atom is 0.274 e. The third kappa shape index (κ3) is 1.95. The Labute approximate surface area is 88.6 Å². The molecule has 1 fully saturated rings. The fourth-order valence-electron chi connectivity index (χ4n) is 1.42. The Bertz CT molecular complexity index is 392. The molecule has 0 atom stereocenters. The molecule has 5 nitrogen and oxygen atoms in total. The standard InChI is InChI=1S/C10H16N4O/c1-3-14-6-7(11)8(13-14)9(15)12-10(2)4-5-10/h6H,3-5,11H2,1-2H3,(H,12,15). The minimum atomic E-state index is -0.167. The van der Waals surface area contributed by atoms with Gasteiger partial charge in [-0.3, -0.25) is 9.48 Å². The van der Waals surface area contributed by atoms with E-state index < -0.39 is 0 Å². The minimum Gasteiger partial charge on any atom is -0.396 e. The van der Waals surface area contributed by atoms with Crippen molar-refractivity contribution >= 4 is 11.6 Å². The van der Waals surface area contributed by atoms with E-state index in [4.69, 9.17) is 5.73 Å². The summed E-state index contributed by atoms with van der Waals surface area (Å²) in [5.74, 6) is -0.167. The Balaban J connectivity index is 2.13. The molecule has 1 aromatic heterocycles. The van der Waals surface area contributed by atoms with Gasteiger partial charge in [0.05, 0.1) is 5.69 Å². The van der Waals surface area contributed by atoms with Gasteiger partial charge in [0, 0.05) is 18.3 Å². The van der Waals surface area contributed by atoms with Crippen molar-refractivity contribution in [1.82, 2.24) is 15.1 Å². The molecule has 0 aliphatic heterocycles. The van der Waals surface area contributed by atoms with E-state index in [1.54, 1.807) is 10.9 Å². The lowest BCUT2D eigenvalue weighted by Crippen LogP contribution is -2.34. The molecule has 1 amide bonds. The van der Waals surface area contributed by atoms with Crippen LogP contribution < -0.4 is 11.1 Å². The van der Waals surface area contributed by atoms with Crippen LogP contribution in [0.3, 0.4) is 0 Å². The maximum atomic E-state index is 11.8. The maximum absolute atomic E-state index is 11.8. The van der Waals surface area contributed by atoms with E-state index in [9.17, 15) is 4.79 Å². The van der Waals surface area contributed by atoms with Crippen LogP contribution in [0.15, 0.2) is 6.20 Å². The van der Waals surface area contributed by atoms with Crippen molar-refractivity contribution < 1.29 is 4.79 Å². The number of nitrogen functional groups attached to an aromatic ring is 1. The van der Waals surface area contributed by atoms with Crippen LogP contribution in [0.2, 0.25) is 0 Å². The van der Waals surface area contributed by atoms with Crippen molar-refractivity contribution in [1.29, 1.82) is 0 Å². The molecule has 1 aliphatic rings. The van der Waals surface area contributed by atoms with E-state index in [1.165, 1.54) is 0 Å². The first-order chi connectivity index (χ1) is 7.04. The third-order valence-electron chi connectivity index (χ3n) is 2.74. The number of nitrogens with two attached hydrogens (primary N) is 1. The van der Waals surface area contributed by atoms with Crippen molar-refractivity contribution in [2.24, 2.45) is 0 Å². The van der Waals surface area contributed by atoms with E-state index in [1.807, 2.05) is 13.8 Å². The van der Waals surface area contributed by atoms with Crippen LogP contribution in [0, 0.1) is 0 Å². The predicted octanol–water partition coefficient (Wildman–Crippen LogP) is 0.767. The van der Waals surface area contributed by atoms with Gasteiger partial charge >= 0.3 is 0 Å². The van der Waals surface area contributed by atoms with Crippen molar-refractivity contribution in [2.75, 3.05) is 5.73 Å². The van der Waals surface area contributed by atoms with Gasteiger partial charge in [0.25, 0.3) is 5.91 Å². The highest BCUT2D eigenvalue weighted by Gasteiger charge is 2.39. The molecule has 15 heavy (non-hydrogen) atoms. The summed E-state index contributed by atoms with van der Waals surface area (Å²) in [6, 6.07) is 0. The van der Waals surface area contributed by atoms with Crippen LogP contribution in [0.25, 0.3) is 0 Å². The molecule has 0 radical (unpaired) electrons. The largest absolute Gasteiger partial charge is 0.396 e. The summed E-state index contributed by atoms with van der Waals surface area (Å²) in [5, 5.41) is 7.05. The molecule has 0 unspecified atom stereocenters. The van der Waals surface area contributed by atoms with Crippen molar-refractivity contribution in [3.05, 3.63) is 11.9 Å². The summed E-state index contributed by atoms with van der Waals surface area (Å²) >= 11 is 0. The molecular weight excluding hydrogens is 192 g/mol. The number of carbonyl (C=O) groups is 1. The topological polar surface area (TPSA) is 72.9 Å². The van der Waals surface area contributed by atoms with Gasteiger partial charge in [0.2, 0.25) is 0 Å². The van der Waals surface area contributed by atoms with Crippen LogP contribution in [0.1, 0.15) is 37.2 Å². The van der Waals surface area contributed by atoms with E-state index in [0.29, 0.717) is 11.4 Å². The highest BCUT2D eigenvalue weighted by Crippen LogP contribution is 2.34. The Morgan fingerprint density at radius 1 is 1.73 bits per heavy atom. The molecule has 0 saturated heterocycles. The summed E-state index contributed by atoms with van der Waals surface area (Å²) in [5.41, 5.74) is 6.47. The van der Waals surface area contributed by atoms with Gasteiger partial charge < -0.3 is 11.1 Å². The Kier molecular flexibility index (Phi) is 2.17. The number of rotatable bonds is 3. The fourth-order valence-corrected chi connectivity index (χ4v) is 1.42. The van der Waals surface area contributed by atoms with Crippen LogP contribution >= 0.6 is 0 Å². The van der Waals surface area contributed by atoms with E-state index >= 15 is 0 Å². The average molecular weight is 208 g/mol. The highest BCUT2D eigenvalue weighted by molar-refractivity contribution is 5.97. The molecule has 0 aromatic carbocycles. The number of aromatic nitrogens is 2. The van der Waals surface area contributed by atoms with Crippen molar-refractivity contribution in [3.8, 4) is 0 Å². The SMILES string of the molecule is CCn1cc(N)c(C(=O)NC2(C)CC2)n1.